The summed E-state index contributed by atoms with van der Waals surface area (Å²) in [5, 5.41) is 2.80. The molecule has 0 radical (unpaired) electrons. The van der Waals surface area contributed by atoms with Gasteiger partial charge in [0.15, 0.2) is 0 Å². The lowest BCUT2D eigenvalue weighted by Gasteiger charge is -1.95. The van der Waals surface area contributed by atoms with Gasteiger partial charge in [0.2, 0.25) is 0 Å². The minimum absolute atomic E-state index is 0. The third-order valence-electron chi connectivity index (χ3n) is 1.60. The molecule has 2 heteroatoms. The minimum Gasteiger partial charge on any atom is -0.151 e. The summed E-state index contributed by atoms with van der Waals surface area (Å²) in [5.74, 6) is 0. The number of hydrogen-bond acceptors (Lipinski definition) is 2. The van der Waals surface area contributed by atoms with Gasteiger partial charge in [0.1, 0.15) is 0 Å². The molecule has 0 spiro atoms. The highest BCUT2D eigenvalue weighted by Crippen LogP contribution is 2.04. The Morgan fingerprint density at radius 3 is 1.92 bits per heavy atom. The van der Waals surface area contributed by atoms with Crippen LogP contribution in [0.25, 0.3) is 0 Å². The first-order chi connectivity index (χ1) is 4.91. The third kappa shape index (κ3) is 16.3. The average Bonchev–Trinajstić information content (AvgIpc) is 1.97. The van der Waals surface area contributed by atoms with Crippen LogP contribution in [-0.4, -0.2) is 6.54 Å². The molecule has 0 N–H and O–H groups in total. The van der Waals surface area contributed by atoms with Crippen molar-refractivity contribution in [1.29, 1.82) is 0 Å². The van der Waals surface area contributed by atoms with E-state index in [1.165, 1.54) is 32.1 Å². The highest BCUT2D eigenvalue weighted by Gasteiger charge is 1.88. The zero-order chi connectivity index (χ0) is 7.66. The van der Waals surface area contributed by atoms with Gasteiger partial charge in [0, 0.05) is 0 Å². The third-order valence-corrected chi connectivity index (χ3v) is 1.60. The first-order valence-electron chi connectivity index (χ1n) is 4.21. The van der Waals surface area contributed by atoms with E-state index in [9.17, 15) is 4.91 Å². The molecule has 0 aliphatic rings. The van der Waals surface area contributed by atoms with Crippen molar-refractivity contribution in [3.8, 4) is 0 Å². The topological polar surface area (TPSA) is 29.4 Å². The Hall–Kier alpha value is -0.400. The molecule has 0 saturated heterocycles. The normalized spacial score (nSPS) is 8.08. The van der Waals surface area contributed by atoms with Crippen LogP contribution in [0.15, 0.2) is 5.18 Å². The number of rotatable bonds is 7. The number of nitroso groups, excluding NO2 is 1. The maximum Gasteiger partial charge on any atom is 0.0811 e. The summed E-state index contributed by atoms with van der Waals surface area (Å²) < 4.78 is 0. The fourth-order valence-corrected chi connectivity index (χ4v) is 0.957. The summed E-state index contributed by atoms with van der Waals surface area (Å²) in [7, 11) is 0. The lowest BCUT2D eigenvalue weighted by atomic mass is 10.1. The lowest BCUT2D eigenvalue weighted by molar-refractivity contribution is 0.612. The average molecular weight is 175 g/mol. The van der Waals surface area contributed by atoms with Crippen LogP contribution in [0.2, 0.25) is 0 Å². The van der Waals surface area contributed by atoms with Gasteiger partial charge in [-0.15, -0.1) is 0 Å². The Morgan fingerprint density at radius 1 is 0.917 bits per heavy atom. The van der Waals surface area contributed by atoms with Crippen LogP contribution in [0.4, 0.5) is 0 Å². The second-order valence-electron chi connectivity index (χ2n) is 2.62. The molecular formula is C10H25NO. The molecule has 0 fully saturated rings. The maximum absolute atomic E-state index is 9.64. The Kier molecular flexibility index (Phi) is 24.8. The second-order valence-corrected chi connectivity index (χ2v) is 2.62. The van der Waals surface area contributed by atoms with Crippen molar-refractivity contribution in [3.05, 3.63) is 4.91 Å². The summed E-state index contributed by atoms with van der Waals surface area (Å²) in [6, 6.07) is 0. The Labute approximate surface area is 77.7 Å². The maximum atomic E-state index is 9.64. The fraction of sp³-hybridized carbons (Fsp3) is 1.00. The first-order valence-corrected chi connectivity index (χ1v) is 4.21. The standard InChI is InChI=1S/C8H17NO.2CH4/c1-2-3-4-5-6-7-8-9-10;;/h2-8H2,1H3;2*1H4. The van der Waals surface area contributed by atoms with Crippen LogP contribution in [0, 0.1) is 4.91 Å². The predicted molar refractivity (Wildman–Crippen MR) is 57.5 cm³/mol. The monoisotopic (exact) mass is 175 g/mol. The van der Waals surface area contributed by atoms with Crippen molar-refractivity contribution >= 4 is 0 Å². The smallest absolute Gasteiger partial charge is 0.0811 e. The molecule has 0 bridgehead atoms. The van der Waals surface area contributed by atoms with Crippen molar-refractivity contribution in [2.75, 3.05) is 6.54 Å². The summed E-state index contributed by atoms with van der Waals surface area (Å²) in [5.41, 5.74) is 0. The molecule has 0 aliphatic heterocycles. The molecule has 0 aromatic rings. The van der Waals surface area contributed by atoms with Gasteiger partial charge in [-0.05, 0) is 6.42 Å². The van der Waals surface area contributed by atoms with Crippen LogP contribution in [0.5, 0.6) is 0 Å². The van der Waals surface area contributed by atoms with Gasteiger partial charge in [-0.2, -0.15) is 4.91 Å². The molecule has 0 amide bonds. The molecule has 12 heavy (non-hydrogen) atoms. The van der Waals surface area contributed by atoms with Crippen LogP contribution in [-0.2, 0) is 0 Å². The van der Waals surface area contributed by atoms with Gasteiger partial charge < -0.3 is 0 Å². The highest BCUT2D eigenvalue weighted by molar-refractivity contribution is 4.45. The van der Waals surface area contributed by atoms with Gasteiger partial charge in [-0.3, -0.25) is 0 Å². The van der Waals surface area contributed by atoms with Crippen molar-refractivity contribution < 1.29 is 0 Å². The van der Waals surface area contributed by atoms with Crippen LogP contribution in [0.3, 0.4) is 0 Å². The molecule has 0 rings (SSSR count). The molecule has 0 atom stereocenters. The van der Waals surface area contributed by atoms with Gasteiger partial charge in [0.05, 0.1) is 6.54 Å². The van der Waals surface area contributed by atoms with Gasteiger partial charge in [-0.1, -0.05) is 59.1 Å². The predicted octanol–water partition coefficient (Wildman–Crippen LogP) is 4.39. The molecular weight excluding hydrogens is 150 g/mol. The van der Waals surface area contributed by atoms with Crippen molar-refractivity contribution in [1.82, 2.24) is 0 Å². The van der Waals surface area contributed by atoms with E-state index < -0.39 is 0 Å². The van der Waals surface area contributed by atoms with E-state index in [1.54, 1.807) is 0 Å². The van der Waals surface area contributed by atoms with E-state index in [-0.39, 0.29) is 14.9 Å². The summed E-state index contributed by atoms with van der Waals surface area (Å²) in [4.78, 5) is 9.64. The molecule has 0 saturated carbocycles. The molecule has 2 nitrogen and oxygen atoms in total. The zero-order valence-corrected chi connectivity index (χ0v) is 6.81. The fourth-order valence-electron chi connectivity index (χ4n) is 0.957. The van der Waals surface area contributed by atoms with Gasteiger partial charge in [0.25, 0.3) is 0 Å². The van der Waals surface area contributed by atoms with E-state index in [2.05, 4.69) is 12.1 Å². The van der Waals surface area contributed by atoms with Crippen LogP contribution < -0.4 is 0 Å². The van der Waals surface area contributed by atoms with Gasteiger partial charge >= 0.3 is 0 Å². The quantitative estimate of drug-likeness (QED) is 0.417. The number of unbranched alkanes of at least 4 members (excludes halogenated alkanes) is 5. The summed E-state index contributed by atoms with van der Waals surface area (Å²) in [6.45, 7) is 2.71. The largest absolute Gasteiger partial charge is 0.151 e. The van der Waals surface area contributed by atoms with Crippen molar-refractivity contribution in [2.24, 2.45) is 5.18 Å². The second kappa shape index (κ2) is 16.9. The molecule has 0 heterocycles. The van der Waals surface area contributed by atoms with Crippen molar-refractivity contribution in [2.45, 2.75) is 60.3 Å². The summed E-state index contributed by atoms with van der Waals surface area (Å²) in [6.07, 6.45) is 7.35. The molecule has 76 valence electrons. The Bertz CT molecular complexity index is 74.2. The number of hydrogen-bond donors (Lipinski definition) is 0. The number of nitrogens with zero attached hydrogens (tertiary/aromatic N) is 1. The van der Waals surface area contributed by atoms with E-state index in [1.807, 2.05) is 0 Å². The minimum atomic E-state index is 0. The first kappa shape index (κ1) is 17.6. The van der Waals surface area contributed by atoms with E-state index in [0.29, 0.717) is 6.54 Å². The molecule has 0 aromatic carbocycles. The molecule has 0 aromatic heterocycles. The van der Waals surface area contributed by atoms with E-state index in [4.69, 9.17) is 0 Å². The molecule has 0 aliphatic carbocycles. The zero-order valence-electron chi connectivity index (χ0n) is 6.81. The van der Waals surface area contributed by atoms with E-state index in [0.717, 1.165) is 6.42 Å². The van der Waals surface area contributed by atoms with E-state index >= 15 is 0 Å². The Balaban J connectivity index is -0.000000405. The highest BCUT2D eigenvalue weighted by atomic mass is 16.3. The SMILES string of the molecule is C.C.CCCCCCCCN=O. The van der Waals surface area contributed by atoms with Crippen LogP contribution >= 0.6 is 0 Å². The van der Waals surface area contributed by atoms with Crippen LogP contribution in [0.1, 0.15) is 60.3 Å². The summed E-state index contributed by atoms with van der Waals surface area (Å²) >= 11 is 0. The van der Waals surface area contributed by atoms with Crippen molar-refractivity contribution in [3.63, 3.8) is 0 Å². The lowest BCUT2D eigenvalue weighted by Crippen LogP contribution is -1.81. The Morgan fingerprint density at radius 2 is 1.42 bits per heavy atom. The van der Waals surface area contributed by atoms with Gasteiger partial charge in [-0.25, -0.2) is 0 Å². The molecule has 0 unspecified atom stereocenters.